The fourth-order valence-corrected chi connectivity index (χ4v) is 2.56. The first kappa shape index (κ1) is 22.9. The van der Waals surface area contributed by atoms with Gasteiger partial charge in [0.25, 0.3) is 5.91 Å². The number of amides is 1. The fraction of sp³-hybridized carbons (Fsp3) is 0.412. The maximum absolute atomic E-state index is 13.9. The lowest BCUT2D eigenvalue weighted by Gasteiger charge is -2.17. The van der Waals surface area contributed by atoms with Crippen LogP contribution in [0.1, 0.15) is 42.2 Å². The van der Waals surface area contributed by atoms with Crippen molar-refractivity contribution in [1.29, 1.82) is 0 Å². The number of unbranched alkanes of at least 4 members (excludes halogenated alkanes) is 1. The minimum absolute atomic E-state index is 0. The van der Waals surface area contributed by atoms with E-state index in [4.69, 9.17) is 5.73 Å². The number of carbonyl (C=O) groups is 1. The van der Waals surface area contributed by atoms with Crippen LogP contribution in [0.15, 0.2) is 30.5 Å². The zero-order valence-electron chi connectivity index (χ0n) is 14.6. The van der Waals surface area contributed by atoms with Crippen molar-refractivity contribution >= 4 is 18.3 Å². The summed E-state index contributed by atoms with van der Waals surface area (Å²) in [6, 6.07) is 4.47. The number of halogens is 5. The van der Waals surface area contributed by atoms with Gasteiger partial charge in [-0.2, -0.15) is 18.3 Å². The summed E-state index contributed by atoms with van der Waals surface area (Å²) in [5, 5.41) is 6.09. The normalized spacial score (nSPS) is 12.4. The van der Waals surface area contributed by atoms with E-state index in [-0.39, 0.29) is 24.6 Å². The van der Waals surface area contributed by atoms with Crippen LogP contribution in [0.2, 0.25) is 0 Å². The first-order valence-electron chi connectivity index (χ1n) is 8.20. The molecule has 0 spiro atoms. The van der Waals surface area contributed by atoms with Crippen molar-refractivity contribution in [2.75, 3.05) is 6.54 Å². The lowest BCUT2D eigenvalue weighted by atomic mass is 10.1. The number of alkyl halides is 3. The number of benzene rings is 1. The van der Waals surface area contributed by atoms with Gasteiger partial charge in [0.15, 0.2) is 5.69 Å². The molecule has 1 aromatic carbocycles. The summed E-state index contributed by atoms with van der Waals surface area (Å²) in [6.45, 7) is 2.06. The average Bonchev–Trinajstić information content (AvgIpc) is 3.04. The smallest absolute Gasteiger partial charge is 0.348 e. The molecule has 2 aromatic rings. The Morgan fingerprint density at radius 2 is 2.00 bits per heavy atom. The molecule has 2 rings (SSSR count). The zero-order valence-corrected chi connectivity index (χ0v) is 15.4. The summed E-state index contributed by atoms with van der Waals surface area (Å²) in [5.74, 6) is -1.82. The Balaban J connectivity index is 0.00000364. The van der Waals surface area contributed by atoms with Crippen molar-refractivity contribution in [3.8, 4) is 5.69 Å². The summed E-state index contributed by atoms with van der Waals surface area (Å²) in [6.07, 6.45) is -1.90. The van der Waals surface area contributed by atoms with Crippen LogP contribution in [0, 0.1) is 5.82 Å². The second-order valence-electron chi connectivity index (χ2n) is 5.82. The number of nitrogens with two attached hydrogens (primary N) is 1. The maximum atomic E-state index is 13.9. The van der Waals surface area contributed by atoms with E-state index in [0.717, 1.165) is 31.2 Å². The highest BCUT2D eigenvalue weighted by Gasteiger charge is 2.41. The molecule has 1 amide bonds. The van der Waals surface area contributed by atoms with Gasteiger partial charge in [-0.15, -0.1) is 12.4 Å². The first-order chi connectivity index (χ1) is 12.3. The highest BCUT2D eigenvalue weighted by Crippen LogP contribution is 2.34. The third-order valence-corrected chi connectivity index (χ3v) is 3.89. The Bertz CT molecular complexity index is 764. The van der Waals surface area contributed by atoms with Crippen LogP contribution in [-0.4, -0.2) is 28.3 Å². The van der Waals surface area contributed by atoms with E-state index in [1.54, 1.807) is 0 Å². The van der Waals surface area contributed by atoms with Gasteiger partial charge in [-0.1, -0.05) is 31.9 Å². The van der Waals surface area contributed by atoms with Crippen LogP contribution in [0.4, 0.5) is 17.6 Å². The van der Waals surface area contributed by atoms with Gasteiger partial charge in [-0.3, -0.25) is 4.79 Å². The van der Waals surface area contributed by atoms with Crippen molar-refractivity contribution in [3.63, 3.8) is 0 Å². The molecule has 1 atom stereocenters. The number of nitrogens with zero attached hydrogens (tertiary/aromatic N) is 2. The molecule has 1 unspecified atom stereocenters. The van der Waals surface area contributed by atoms with Gasteiger partial charge < -0.3 is 11.1 Å². The number of aromatic nitrogens is 2. The SMILES string of the molecule is CCCCC(CN)NC(=O)c1cnn(-c2ccccc2F)c1C(F)(F)F.Cl. The molecular weight excluding hydrogens is 388 g/mol. The Kier molecular flexibility index (Phi) is 8.23. The molecule has 0 bridgehead atoms. The number of rotatable bonds is 7. The molecule has 10 heteroatoms. The summed E-state index contributed by atoms with van der Waals surface area (Å²) in [7, 11) is 0. The van der Waals surface area contributed by atoms with Gasteiger partial charge in [0.05, 0.1) is 11.8 Å². The molecule has 0 aliphatic rings. The fourth-order valence-electron chi connectivity index (χ4n) is 2.56. The highest BCUT2D eigenvalue weighted by atomic mass is 35.5. The van der Waals surface area contributed by atoms with Crippen molar-refractivity contribution < 1.29 is 22.4 Å². The molecule has 0 aliphatic heterocycles. The summed E-state index contributed by atoms with van der Waals surface area (Å²) < 4.78 is 55.0. The van der Waals surface area contributed by atoms with E-state index in [1.807, 2.05) is 6.92 Å². The summed E-state index contributed by atoms with van der Waals surface area (Å²) >= 11 is 0. The quantitative estimate of drug-likeness (QED) is 0.686. The standard InChI is InChI=1S/C17H20F4N4O.ClH/c1-2-3-6-11(9-22)24-16(26)12-10-23-25(15(12)17(19,20)21)14-8-5-4-7-13(14)18;/h4-5,7-8,10-11H,2-3,6,9,22H2,1H3,(H,24,26);1H. The second-order valence-corrected chi connectivity index (χ2v) is 5.82. The molecule has 0 saturated carbocycles. The van der Waals surface area contributed by atoms with Crippen LogP contribution in [0.5, 0.6) is 0 Å². The molecule has 27 heavy (non-hydrogen) atoms. The number of carbonyl (C=O) groups excluding carboxylic acids is 1. The third-order valence-electron chi connectivity index (χ3n) is 3.89. The summed E-state index contributed by atoms with van der Waals surface area (Å²) in [5.41, 5.74) is 3.19. The van der Waals surface area contributed by atoms with Crippen molar-refractivity contribution in [2.45, 2.75) is 38.4 Å². The van der Waals surface area contributed by atoms with Crippen molar-refractivity contribution in [3.05, 3.63) is 47.5 Å². The largest absolute Gasteiger partial charge is 0.434 e. The Morgan fingerprint density at radius 3 is 2.56 bits per heavy atom. The van der Waals surface area contributed by atoms with Crippen molar-refractivity contribution in [1.82, 2.24) is 15.1 Å². The minimum Gasteiger partial charge on any atom is -0.348 e. The summed E-state index contributed by atoms with van der Waals surface area (Å²) in [4.78, 5) is 12.4. The van der Waals surface area contributed by atoms with Crippen LogP contribution in [0.25, 0.3) is 5.69 Å². The number of hydrogen-bond acceptors (Lipinski definition) is 3. The first-order valence-corrected chi connectivity index (χ1v) is 8.20. The van der Waals surface area contributed by atoms with Crippen LogP contribution in [-0.2, 0) is 6.18 Å². The zero-order chi connectivity index (χ0) is 19.3. The Hall–Kier alpha value is -2.13. The highest BCUT2D eigenvalue weighted by molar-refractivity contribution is 5.95. The number of hydrogen-bond donors (Lipinski definition) is 2. The maximum Gasteiger partial charge on any atom is 0.434 e. The van der Waals surface area contributed by atoms with Gasteiger partial charge in [-0.25, -0.2) is 9.07 Å². The lowest BCUT2D eigenvalue weighted by Crippen LogP contribution is -2.40. The Labute approximate surface area is 160 Å². The molecule has 0 fully saturated rings. The van der Waals surface area contributed by atoms with E-state index < -0.39 is 35.2 Å². The number of nitrogens with one attached hydrogen (secondary N) is 1. The van der Waals surface area contributed by atoms with E-state index in [1.165, 1.54) is 12.1 Å². The van der Waals surface area contributed by atoms with E-state index in [2.05, 4.69) is 10.4 Å². The van der Waals surface area contributed by atoms with Crippen molar-refractivity contribution in [2.24, 2.45) is 5.73 Å². The van der Waals surface area contributed by atoms with Gasteiger partial charge >= 0.3 is 6.18 Å². The predicted molar refractivity (Wildman–Crippen MR) is 95.6 cm³/mol. The molecule has 5 nitrogen and oxygen atoms in total. The van der Waals surface area contributed by atoms with Crippen LogP contribution >= 0.6 is 12.4 Å². The molecule has 0 radical (unpaired) electrons. The lowest BCUT2D eigenvalue weighted by molar-refractivity contribution is -0.143. The molecule has 1 aromatic heterocycles. The van der Waals surface area contributed by atoms with Crippen LogP contribution < -0.4 is 11.1 Å². The van der Waals surface area contributed by atoms with Gasteiger partial charge in [0, 0.05) is 12.6 Å². The monoisotopic (exact) mass is 408 g/mol. The average molecular weight is 409 g/mol. The van der Waals surface area contributed by atoms with Gasteiger partial charge in [-0.05, 0) is 18.6 Å². The molecule has 150 valence electrons. The molecule has 3 N–H and O–H groups in total. The van der Waals surface area contributed by atoms with Crippen LogP contribution in [0.3, 0.4) is 0 Å². The van der Waals surface area contributed by atoms with Gasteiger partial charge in [0.1, 0.15) is 11.5 Å². The Morgan fingerprint density at radius 1 is 1.33 bits per heavy atom. The van der Waals surface area contributed by atoms with E-state index >= 15 is 0 Å². The molecule has 0 aliphatic carbocycles. The van der Waals surface area contributed by atoms with Gasteiger partial charge in [0.2, 0.25) is 0 Å². The molecule has 1 heterocycles. The predicted octanol–water partition coefficient (Wildman–Crippen LogP) is 3.70. The topological polar surface area (TPSA) is 72.9 Å². The third kappa shape index (κ3) is 5.43. The van der Waals surface area contributed by atoms with E-state index in [9.17, 15) is 22.4 Å². The molecular formula is C17H21ClF4N4O. The minimum atomic E-state index is -4.90. The number of para-hydroxylation sites is 1. The van der Waals surface area contributed by atoms with E-state index in [0.29, 0.717) is 11.1 Å². The second kappa shape index (κ2) is 9.70. The molecule has 0 saturated heterocycles.